The van der Waals surface area contributed by atoms with E-state index >= 15 is 0 Å². The van der Waals surface area contributed by atoms with Crippen molar-refractivity contribution in [3.8, 4) is 5.75 Å². The van der Waals surface area contributed by atoms with E-state index in [9.17, 15) is 18.0 Å². The third kappa shape index (κ3) is 9.10. The molecule has 0 saturated heterocycles. The number of rotatable bonds is 13. The highest BCUT2D eigenvalue weighted by atomic mass is 79.9. The van der Waals surface area contributed by atoms with Crippen molar-refractivity contribution in [3.05, 3.63) is 124 Å². The van der Waals surface area contributed by atoms with E-state index in [1.165, 1.54) is 19.2 Å². The molecule has 0 heterocycles. The first kappa shape index (κ1) is 36.1. The maximum atomic E-state index is 14.8. The third-order valence-corrected chi connectivity index (χ3v) is 11.5. The van der Waals surface area contributed by atoms with Crippen LogP contribution in [0.3, 0.4) is 0 Å². The van der Waals surface area contributed by atoms with E-state index < -0.39 is 28.5 Å². The molecule has 0 spiro atoms. The van der Waals surface area contributed by atoms with Crippen LogP contribution in [-0.4, -0.2) is 50.9 Å². The number of nitrogens with zero attached hydrogens (tertiary/aromatic N) is 2. The van der Waals surface area contributed by atoms with Gasteiger partial charge in [0.1, 0.15) is 18.3 Å². The number of aryl methyl sites for hydroxylation is 2. The number of carbonyl (C=O) groups excluding carboxylic acids is 2. The van der Waals surface area contributed by atoms with E-state index in [2.05, 4.69) is 21.2 Å². The lowest BCUT2D eigenvalue weighted by molar-refractivity contribution is -0.140. The van der Waals surface area contributed by atoms with Gasteiger partial charge in [0.05, 0.1) is 22.2 Å². The van der Waals surface area contributed by atoms with Crippen LogP contribution in [0.5, 0.6) is 5.75 Å². The Morgan fingerprint density at radius 1 is 0.898 bits per heavy atom. The Hall–Kier alpha value is -4.15. The lowest BCUT2D eigenvalue weighted by atomic mass is 9.94. The van der Waals surface area contributed by atoms with Crippen molar-refractivity contribution in [2.75, 3.05) is 18.0 Å². The molecule has 5 rings (SSSR count). The number of sulfonamides is 1. The van der Waals surface area contributed by atoms with Crippen LogP contribution in [0.1, 0.15) is 54.4 Å². The molecule has 0 aromatic heterocycles. The first-order valence-corrected chi connectivity index (χ1v) is 18.9. The molecule has 4 aromatic rings. The fourth-order valence-corrected chi connectivity index (χ4v) is 8.38. The van der Waals surface area contributed by atoms with Gasteiger partial charge in [0.25, 0.3) is 10.0 Å². The fraction of sp³-hybridized carbons (Fsp3) is 0.333. The summed E-state index contributed by atoms with van der Waals surface area (Å²) in [6.07, 6.45) is 5.31. The molecule has 0 aliphatic heterocycles. The maximum absolute atomic E-state index is 14.8. The largest absolute Gasteiger partial charge is 0.496 e. The predicted molar refractivity (Wildman–Crippen MR) is 197 cm³/mol. The van der Waals surface area contributed by atoms with Crippen molar-refractivity contribution in [2.45, 2.75) is 75.9 Å². The number of halogens is 1. The molecule has 0 radical (unpaired) electrons. The number of anilines is 1. The molecule has 4 aromatic carbocycles. The van der Waals surface area contributed by atoms with Gasteiger partial charge in [0.2, 0.25) is 11.8 Å². The summed E-state index contributed by atoms with van der Waals surface area (Å²) < 4.78 is 35.8. The zero-order chi connectivity index (χ0) is 35.0. The maximum Gasteiger partial charge on any atom is 0.264 e. The predicted octanol–water partition coefficient (Wildman–Crippen LogP) is 7.36. The molecule has 1 atom stereocenters. The van der Waals surface area contributed by atoms with Gasteiger partial charge in [-0.15, -0.1) is 0 Å². The highest BCUT2D eigenvalue weighted by Crippen LogP contribution is 2.31. The van der Waals surface area contributed by atoms with E-state index in [-0.39, 0.29) is 29.8 Å². The smallest absolute Gasteiger partial charge is 0.264 e. The number of benzene rings is 4. The first-order chi connectivity index (χ1) is 23.6. The molecule has 1 N–H and O–H groups in total. The van der Waals surface area contributed by atoms with Crippen LogP contribution in [0.25, 0.3) is 0 Å². The normalized spacial score (nSPS) is 14.1. The minimum Gasteiger partial charge on any atom is -0.496 e. The van der Waals surface area contributed by atoms with Crippen LogP contribution in [-0.2, 0) is 32.6 Å². The molecular formula is C39H44BrN3O5S. The Balaban J connectivity index is 1.58. The molecule has 1 fully saturated rings. The fourth-order valence-electron chi connectivity index (χ4n) is 6.24. The molecule has 258 valence electrons. The average Bonchev–Trinajstić information content (AvgIpc) is 3.10. The Labute approximate surface area is 298 Å². The second kappa shape index (κ2) is 16.5. The van der Waals surface area contributed by atoms with Crippen LogP contribution in [0.15, 0.2) is 106 Å². The van der Waals surface area contributed by atoms with E-state index in [1.54, 1.807) is 23.1 Å². The highest BCUT2D eigenvalue weighted by molar-refractivity contribution is 9.10. The minimum absolute atomic E-state index is 0.00474. The van der Waals surface area contributed by atoms with Crippen molar-refractivity contribution in [2.24, 2.45) is 0 Å². The molecule has 0 unspecified atom stereocenters. The summed E-state index contributed by atoms with van der Waals surface area (Å²) in [5.74, 6) is -0.240. The van der Waals surface area contributed by atoms with E-state index in [4.69, 9.17) is 4.74 Å². The van der Waals surface area contributed by atoms with Gasteiger partial charge in [-0.05, 0) is 89.6 Å². The zero-order valence-electron chi connectivity index (χ0n) is 28.3. The lowest BCUT2D eigenvalue weighted by Gasteiger charge is -2.35. The first-order valence-electron chi connectivity index (χ1n) is 16.7. The molecule has 2 amide bonds. The Bertz CT molecular complexity index is 1840. The van der Waals surface area contributed by atoms with E-state index in [1.807, 2.05) is 80.6 Å². The zero-order valence-corrected chi connectivity index (χ0v) is 30.7. The van der Waals surface area contributed by atoms with Gasteiger partial charge in [0, 0.05) is 19.0 Å². The van der Waals surface area contributed by atoms with Crippen molar-refractivity contribution in [3.63, 3.8) is 0 Å². The number of hydrogen-bond acceptors (Lipinski definition) is 5. The SMILES string of the molecule is COc1ccc(S(=O)(=O)N(CC(=O)N(Cc2ccccc2C)[C@@H](Cc2ccccc2)C(=O)NC2CCCCC2)c2ccc(C)cc2)cc1Br. The van der Waals surface area contributed by atoms with Gasteiger partial charge in [-0.25, -0.2) is 8.42 Å². The molecule has 1 aliphatic carbocycles. The summed E-state index contributed by atoms with van der Waals surface area (Å²) in [7, 11) is -2.75. The summed E-state index contributed by atoms with van der Waals surface area (Å²) in [4.78, 5) is 30.6. The summed E-state index contributed by atoms with van der Waals surface area (Å²) in [6, 6.07) is 28.1. The van der Waals surface area contributed by atoms with Crippen molar-refractivity contribution in [1.29, 1.82) is 0 Å². The van der Waals surface area contributed by atoms with E-state index in [0.29, 0.717) is 15.9 Å². The van der Waals surface area contributed by atoms with Crippen LogP contribution in [0.2, 0.25) is 0 Å². The summed E-state index contributed by atoms with van der Waals surface area (Å²) in [5.41, 5.74) is 4.04. The topological polar surface area (TPSA) is 96.0 Å². The van der Waals surface area contributed by atoms with Gasteiger partial charge in [-0.1, -0.05) is 91.6 Å². The van der Waals surface area contributed by atoms with Gasteiger partial charge < -0.3 is 15.0 Å². The highest BCUT2D eigenvalue weighted by Gasteiger charge is 2.35. The van der Waals surface area contributed by atoms with Crippen molar-refractivity contribution < 1.29 is 22.7 Å². The van der Waals surface area contributed by atoms with Crippen molar-refractivity contribution >= 4 is 43.5 Å². The monoisotopic (exact) mass is 745 g/mol. The van der Waals surface area contributed by atoms with Gasteiger partial charge in [-0.2, -0.15) is 0 Å². The Morgan fingerprint density at radius 2 is 1.57 bits per heavy atom. The number of hydrogen-bond donors (Lipinski definition) is 1. The third-order valence-electron chi connectivity index (χ3n) is 9.14. The summed E-state index contributed by atoms with van der Waals surface area (Å²) in [5, 5.41) is 3.26. The molecule has 0 bridgehead atoms. The summed E-state index contributed by atoms with van der Waals surface area (Å²) in [6.45, 7) is 3.51. The standard InChI is InChI=1S/C39H44BrN3O5S/c1-28-18-20-33(21-19-28)43(49(46,47)34-22-23-37(48-3)35(40)25-34)27-38(44)42(26-31-15-11-10-12-29(31)2)36(24-30-13-6-4-7-14-30)39(45)41-32-16-8-5-9-17-32/h4,6-7,10-15,18-23,25,32,36H,5,8-9,16-17,24,26-27H2,1-3H3,(H,41,45)/t36-/m0/s1. The number of carbonyl (C=O) groups is 2. The van der Waals surface area contributed by atoms with Crippen molar-refractivity contribution in [1.82, 2.24) is 10.2 Å². The second-order valence-electron chi connectivity index (χ2n) is 12.6. The van der Waals surface area contributed by atoms with E-state index in [0.717, 1.165) is 58.7 Å². The number of nitrogens with one attached hydrogen (secondary N) is 1. The van der Waals surface area contributed by atoms with Gasteiger partial charge >= 0.3 is 0 Å². The number of amides is 2. The van der Waals surface area contributed by atoms with Crippen LogP contribution in [0, 0.1) is 13.8 Å². The number of methoxy groups -OCH3 is 1. The average molecular weight is 747 g/mol. The molecule has 49 heavy (non-hydrogen) atoms. The van der Waals surface area contributed by atoms with Crippen LogP contribution >= 0.6 is 15.9 Å². The van der Waals surface area contributed by atoms with Gasteiger partial charge in [-0.3, -0.25) is 13.9 Å². The Morgan fingerprint density at radius 3 is 2.22 bits per heavy atom. The van der Waals surface area contributed by atoms with Gasteiger partial charge in [0.15, 0.2) is 0 Å². The summed E-state index contributed by atoms with van der Waals surface area (Å²) >= 11 is 3.41. The quantitative estimate of drug-likeness (QED) is 0.154. The molecule has 8 nitrogen and oxygen atoms in total. The van der Waals surface area contributed by atoms with Crippen LogP contribution < -0.4 is 14.4 Å². The second-order valence-corrected chi connectivity index (χ2v) is 15.4. The lowest BCUT2D eigenvalue weighted by Crippen LogP contribution is -2.55. The molecule has 10 heteroatoms. The van der Waals surface area contributed by atoms with Crippen LogP contribution in [0.4, 0.5) is 5.69 Å². The molecule has 1 aliphatic rings. The number of ether oxygens (including phenoxy) is 1. The Kier molecular flexibility index (Phi) is 12.2. The molecule has 1 saturated carbocycles. The molecular weight excluding hydrogens is 702 g/mol. The minimum atomic E-state index is -4.25.